The molecule has 0 aliphatic carbocycles. The van der Waals surface area contributed by atoms with Crippen molar-refractivity contribution >= 4 is 45.2 Å². The number of nitrogens with one attached hydrogen (secondary N) is 1. The largest absolute Gasteiger partial charge is 0.375 e. The van der Waals surface area contributed by atoms with Crippen molar-refractivity contribution in [3.63, 3.8) is 0 Å². The monoisotopic (exact) mass is 411 g/mol. The van der Waals surface area contributed by atoms with E-state index in [0.29, 0.717) is 0 Å². The van der Waals surface area contributed by atoms with E-state index in [0.717, 1.165) is 42.3 Å². The molecule has 1 heterocycles. The topological polar surface area (TPSA) is 56.9 Å². The van der Waals surface area contributed by atoms with Crippen molar-refractivity contribution in [1.29, 1.82) is 0 Å². The third-order valence-electron chi connectivity index (χ3n) is 4.47. The second kappa shape index (κ2) is 9.34. The number of piperazine rings is 1. The Bertz CT molecular complexity index is 580. The van der Waals surface area contributed by atoms with Crippen molar-refractivity contribution < 1.29 is 0 Å². The Labute approximate surface area is 158 Å². The summed E-state index contributed by atoms with van der Waals surface area (Å²) in [6.45, 7) is 8.93. The molecule has 0 aromatic heterocycles. The zero-order valence-electron chi connectivity index (χ0n) is 14.3. The van der Waals surface area contributed by atoms with Crippen LogP contribution in [0.2, 0.25) is 0 Å². The number of hydrogen-bond donors (Lipinski definition) is 2. The van der Waals surface area contributed by atoms with Crippen LogP contribution in [0.1, 0.15) is 32.3 Å². The van der Waals surface area contributed by atoms with E-state index in [1.54, 1.807) is 6.21 Å². The fourth-order valence-corrected chi connectivity index (χ4v) is 3.86. The van der Waals surface area contributed by atoms with Gasteiger partial charge in [0.05, 0.1) is 11.9 Å². The number of hydrazone groups is 1. The third-order valence-corrected chi connectivity index (χ3v) is 5.20. The normalized spacial score (nSPS) is 16.1. The van der Waals surface area contributed by atoms with Gasteiger partial charge in [-0.25, -0.2) is 0 Å². The molecule has 0 atom stereocenters. The maximum atomic E-state index is 5.35. The zero-order chi connectivity index (χ0) is 17.5. The van der Waals surface area contributed by atoms with Gasteiger partial charge in [0.1, 0.15) is 0 Å². The van der Waals surface area contributed by atoms with Gasteiger partial charge in [0.15, 0.2) is 5.11 Å². The van der Waals surface area contributed by atoms with Crippen molar-refractivity contribution in [2.75, 3.05) is 31.1 Å². The van der Waals surface area contributed by atoms with E-state index in [1.807, 2.05) is 0 Å². The van der Waals surface area contributed by atoms with Crippen LogP contribution in [0.15, 0.2) is 27.8 Å². The Hall–Kier alpha value is -1.18. The van der Waals surface area contributed by atoms with E-state index in [2.05, 4.69) is 68.3 Å². The molecule has 1 fully saturated rings. The maximum absolute atomic E-state index is 5.35. The first-order chi connectivity index (χ1) is 11.5. The van der Waals surface area contributed by atoms with Crippen LogP contribution in [0, 0.1) is 0 Å². The summed E-state index contributed by atoms with van der Waals surface area (Å²) in [7, 11) is 0. The number of hydrogen-bond acceptors (Lipinski definition) is 4. The zero-order valence-corrected chi connectivity index (χ0v) is 16.7. The first-order valence-electron chi connectivity index (χ1n) is 8.42. The molecular weight excluding hydrogens is 386 g/mol. The van der Waals surface area contributed by atoms with Crippen LogP contribution in [-0.2, 0) is 0 Å². The molecule has 1 aromatic carbocycles. The fraction of sp³-hybridized carbons (Fsp3) is 0.529. The summed E-state index contributed by atoms with van der Waals surface area (Å²) in [5.74, 6) is 0. The SMILES string of the molecule is CCC(CC)N1CCN(c2ccc(C=NNC(N)=S)cc2Br)CC1. The van der Waals surface area contributed by atoms with E-state index < -0.39 is 0 Å². The lowest BCUT2D eigenvalue weighted by molar-refractivity contribution is 0.175. The van der Waals surface area contributed by atoms with Crippen molar-refractivity contribution in [2.24, 2.45) is 10.8 Å². The molecule has 0 spiro atoms. The minimum atomic E-state index is 0.164. The highest BCUT2D eigenvalue weighted by atomic mass is 79.9. The van der Waals surface area contributed by atoms with Gasteiger partial charge >= 0.3 is 0 Å². The second-order valence-electron chi connectivity index (χ2n) is 5.94. The first kappa shape index (κ1) is 19.1. The minimum absolute atomic E-state index is 0.164. The Kier molecular flexibility index (Phi) is 7.45. The van der Waals surface area contributed by atoms with Crippen LogP contribution in [0.4, 0.5) is 5.69 Å². The van der Waals surface area contributed by atoms with Crippen molar-refractivity contribution in [3.8, 4) is 0 Å². The first-order valence-corrected chi connectivity index (χ1v) is 9.62. The van der Waals surface area contributed by atoms with Crippen LogP contribution < -0.4 is 16.1 Å². The van der Waals surface area contributed by atoms with Crippen LogP contribution in [0.25, 0.3) is 0 Å². The van der Waals surface area contributed by atoms with Crippen molar-refractivity contribution in [3.05, 3.63) is 28.2 Å². The van der Waals surface area contributed by atoms with Gasteiger partial charge in [-0.3, -0.25) is 10.3 Å². The summed E-state index contributed by atoms with van der Waals surface area (Å²) < 4.78 is 1.08. The van der Waals surface area contributed by atoms with Gasteiger partial charge in [-0.05, 0) is 58.7 Å². The Morgan fingerprint density at radius 3 is 2.54 bits per heavy atom. The molecular formula is C17H26BrN5S. The molecule has 3 N–H and O–H groups in total. The van der Waals surface area contributed by atoms with Crippen LogP contribution in [0.3, 0.4) is 0 Å². The van der Waals surface area contributed by atoms with Crippen LogP contribution in [-0.4, -0.2) is 48.4 Å². The highest BCUT2D eigenvalue weighted by molar-refractivity contribution is 9.10. The standard InChI is InChI=1S/C17H26BrN5S/c1-3-14(4-2)22-7-9-23(10-8-22)16-6-5-13(11-15(16)18)12-20-21-17(19)24/h5-6,11-12,14H,3-4,7-10H2,1-2H3,(H3,19,21,24). The predicted octanol–water partition coefficient (Wildman–Crippen LogP) is 2.93. The van der Waals surface area contributed by atoms with Gasteiger partial charge in [-0.15, -0.1) is 0 Å². The number of benzene rings is 1. The molecule has 1 aromatic rings. The molecule has 132 valence electrons. The number of anilines is 1. The van der Waals surface area contributed by atoms with Crippen LogP contribution >= 0.6 is 28.1 Å². The van der Waals surface area contributed by atoms with E-state index >= 15 is 0 Å². The summed E-state index contributed by atoms with van der Waals surface area (Å²) in [5, 5.41) is 4.15. The lowest BCUT2D eigenvalue weighted by Crippen LogP contribution is -2.50. The highest BCUT2D eigenvalue weighted by Gasteiger charge is 2.22. The Balaban J connectivity index is 1.98. The smallest absolute Gasteiger partial charge is 0.184 e. The number of halogens is 1. The molecule has 0 unspecified atom stereocenters. The summed E-state index contributed by atoms with van der Waals surface area (Å²) in [6, 6.07) is 6.97. The van der Waals surface area contributed by atoms with E-state index in [-0.39, 0.29) is 5.11 Å². The molecule has 1 saturated heterocycles. The quantitative estimate of drug-likeness (QED) is 0.428. The Morgan fingerprint density at radius 1 is 1.33 bits per heavy atom. The predicted molar refractivity (Wildman–Crippen MR) is 110 cm³/mol. The van der Waals surface area contributed by atoms with Crippen molar-refractivity contribution in [1.82, 2.24) is 10.3 Å². The van der Waals surface area contributed by atoms with Gasteiger partial charge in [0.2, 0.25) is 0 Å². The van der Waals surface area contributed by atoms with E-state index in [1.165, 1.54) is 18.5 Å². The molecule has 0 bridgehead atoms. The third kappa shape index (κ3) is 5.16. The lowest BCUT2D eigenvalue weighted by Gasteiger charge is -2.40. The van der Waals surface area contributed by atoms with E-state index in [4.69, 9.17) is 18.0 Å². The molecule has 0 amide bonds. The number of thiocarbonyl (C=S) groups is 1. The Morgan fingerprint density at radius 2 is 2.00 bits per heavy atom. The van der Waals surface area contributed by atoms with Gasteiger partial charge in [0.25, 0.3) is 0 Å². The fourth-order valence-electron chi connectivity index (χ4n) is 3.16. The molecule has 0 saturated carbocycles. The average molecular weight is 412 g/mol. The van der Waals surface area contributed by atoms with Crippen LogP contribution in [0.5, 0.6) is 0 Å². The molecule has 0 radical (unpaired) electrons. The summed E-state index contributed by atoms with van der Waals surface area (Å²) >= 11 is 8.41. The van der Waals surface area contributed by atoms with Gasteiger partial charge in [-0.2, -0.15) is 5.10 Å². The number of nitrogens with two attached hydrogens (primary N) is 1. The lowest BCUT2D eigenvalue weighted by atomic mass is 10.1. The highest BCUT2D eigenvalue weighted by Crippen LogP contribution is 2.28. The summed E-state index contributed by atoms with van der Waals surface area (Å²) in [6.07, 6.45) is 4.17. The van der Waals surface area contributed by atoms with Gasteiger partial charge < -0.3 is 10.6 Å². The maximum Gasteiger partial charge on any atom is 0.184 e. The summed E-state index contributed by atoms with van der Waals surface area (Å²) in [4.78, 5) is 5.06. The molecule has 5 nitrogen and oxygen atoms in total. The molecule has 7 heteroatoms. The average Bonchev–Trinajstić information content (AvgIpc) is 2.57. The molecule has 1 aliphatic rings. The van der Waals surface area contributed by atoms with Gasteiger partial charge in [0, 0.05) is 36.7 Å². The van der Waals surface area contributed by atoms with Crippen molar-refractivity contribution in [2.45, 2.75) is 32.7 Å². The number of nitrogens with zero attached hydrogens (tertiary/aromatic N) is 3. The molecule has 2 rings (SSSR count). The summed E-state index contributed by atoms with van der Waals surface area (Å²) in [5.41, 5.74) is 10.1. The second-order valence-corrected chi connectivity index (χ2v) is 7.23. The van der Waals surface area contributed by atoms with E-state index in [9.17, 15) is 0 Å². The minimum Gasteiger partial charge on any atom is -0.375 e. The molecule has 1 aliphatic heterocycles. The van der Waals surface area contributed by atoms with Gasteiger partial charge in [-0.1, -0.05) is 19.9 Å². The molecule has 24 heavy (non-hydrogen) atoms. The number of rotatable bonds is 6.